The maximum atomic E-state index is 12.5. The maximum Gasteiger partial charge on any atom is 0.339 e. The molecule has 4 bridgehead atoms. The molecule has 0 radical (unpaired) electrons. The number of hydrogen-bond donors (Lipinski definition) is 0. The first kappa shape index (κ1) is 16.0. The zero-order valence-corrected chi connectivity index (χ0v) is 14.9. The Balaban J connectivity index is 1.25. The third kappa shape index (κ3) is 2.91. The molecule has 4 nitrogen and oxygen atoms in total. The number of ether oxygens (including phenoxy) is 1. The zero-order valence-electron chi connectivity index (χ0n) is 14.9. The van der Waals surface area contributed by atoms with Crippen LogP contribution in [0.25, 0.3) is 11.4 Å². The van der Waals surface area contributed by atoms with E-state index in [0.29, 0.717) is 12.2 Å². The van der Waals surface area contributed by atoms with Gasteiger partial charge in [-0.1, -0.05) is 6.07 Å². The predicted molar refractivity (Wildman–Crippen MR) is 98.4 cm³/mol. The van der Waals surface area contributed by atoms with Crippen molar-refractivity contribution in [2.24, 2.45) is 23.2 Å². The molecule has 2 heterocycles. The summed E-state index contributed by atoms with van der Waals surface area (Å²) in [5.41, 5.74) is 2.35. The van der Waals surface area contributed by atoms with Crippen LogP contribution in [0.2, 0.25) is 0 Å². The normalized spacial score (nSPS) is 31.8. The fourth-order valence-electron chi connectivity index (χ4n) is 5.95. The second kappa shape index (κ2) is 6.19. The molecular weight excluding hydrogens is 324 g/mol. The van der Waals surface area contributed by atoms with Gasteiger partial charge in [-0.3, -0.25) is 9.97 Å². The van der Waals surface area contributed by atoms with Crippen LogP contribution < -0.4 is 0 Å². The Morgan fingerprint density at radius 1 is 0.962 bits per heavy atom. The van der Waals surface area contributed by atoms with Crippen LogP contribution in [0.15, 0.2) is 42.7 Å². The van der Waals surface area contributed by atoms with E-state index in [9.17, 15) is 4.79 Å². The Morgan fingerprint density at radius 3 is 2.23 bits per heavy atom. The average Bonchev–Trinajstić information content (AvgIpc) is 2.66. The summed E-state index contributed by atoms with van der Waals surface area (Å²) in [6.07, 6.45) is 11.3. The van der Waals surface area contributed by atoms with Crippen molar-refractivity contribution < 1.29 is 9.53 Å². The number of hydrogen-bond acceptors (Lipinski definition) is 4. The summed E-state index contributed by atoms with van der Waals surface area (Å²) in [5, 5.41) is 0. The van der Waals surface area contributed by atoms with E-state index < -0.39 is 0 Å². The van der Waals surface area contributed by atoms with Crippen LogP contribution in [0, 0.1) is 23.2 Å². The first-order valence-electron chi connectivity index (χ1n) is 9.74. The molecule has 4 heteroatoms. The van der Waals surface area contributed by atoms with Gasteiger partial charge in [0, 0.05) is 17.8 Å². The number of pyridine rings is 2. The van der Waals surface area contributed by atoms with Crippen LogP contribution in [0.5, 0.6) is 0 Å². The topological polar surface area (TPSA) is 52.1 Å². The molecule has 0 unspecified atom stereocenters. The summed E-state index contributed by atoms with van der Waals surface area (Å²) in [6, 6.07) is 9.34. The zero-order chi connectivity index (χ0) is 17.6. The van der Waals surface area contributed by atoms with Gasteiger partial charge in [0.05, 0.1) is 23.6 Å². The molecule has 0 atom stereocenters. The highest BCUT2D eigenvalue weighted by Gasteiger charge is 2.51. The first-order chi connectivity index (χ1) is 12.7. The van der Waals surface area contributed by atoms with Crippen LogP contribution in [-0.2, 0) is 4.74 Å². The molecular formula is C22H24N2O2. The number of aromatic nitrogens is 2. The van der Waals surface area contributed by atoms with Crippen molar-refractivity contribution in [3.05, 3.63) is 48.3 Å². The highest BCUT2D eigenvalue weighted by molar-refractivity contribution is 5.89. The van der Waals surface area contributed by atoms with Crippen molar-refractivity contribution in [3.63, 3.8) is 0 Å². The molecule has 0 aromatic carbocycles. The molecule has 4 fully saturated rings. The smallest absolute Gasteiger partial charge is 0.339 e. The van der Waals surface area contributed by atoms with Gasteiger partial charge in [0.1, 0.15) is 0 Å². The molecule has 0 aliphatic heterocycles. The molecule has 26 heavy (non-hydrogen) atoms. The monoisotopic (exact) mass is 348 g/mol. The van der Waals surface area contributed by atoms with Gasteiger partial charge < -0.3 is 4.74 Å². The van der Waals surface area contributed by atoms with E-state index in [4.69, 9.17) is 4.74 Å². The lowest BCUT2D eigenvalue weighted by atomic mass is 9.50. The second-order valence-corrected chi connectivity index (χ2v) is 8.64. The SMILES string of the molecule is O=C(OCC12CC3CC(CC(C3)C1)C2)c1ccc(-c2ccccn2)nc1. The standard InChI is InChI=1S/C22H24N2O2/c25-21(18-4-5-20(24-13-18)19-3-1-2-6-23-19)26-14-22-10-15-7-16(11-22)9-17(8-15)12-22/h1-6,13,15-17H,7-12,14H2. The van der Waals surface area contributed by atoms with Crippen LogP contribution in [0.4, 0.5) is 0 Å². The van der Waals surface area contributed by atoms with Crippen LogP contribution in [0.3, 0.4) is 0 Å². The van der Waals surface area contributed by atoms with Crippen molar-refractivity contribution in [3.8, 4) is 11.4 Å². The molecule has 0 N–H and O–H groups in total. The fraction of sp³-hybridized carbons (Fsp3) is 0.500. The quantitative estimate of drug-likeness (QED) is 0.763. The summed E-state index contributed by atoms with van der Waals surface area (Å²) in [6.45, 7) is 0.581. The Labute approximate surface area is 154 Å². The van der Waals surface area contributed by atoms with E-state index in [2.05, 4.69) is 9.97 Å². The lowest BCUT2D eigenvalue weighted by Crippen LogP contribution is -2.48. The minimum atomic E-state index is -0.249. The minimum absolute atomic E-state index is 0.249. The van der Waals surface area contributed by atoms with Crippen LogP contribution in [0.1, 0.15) is 48.9 Å². The lowest BCUT2D eigenvalue weighted by molar-refractivity contribution is -0.0848. The highest BCUT2D eigenvalue weighted by Crippen LogP contribution is 2.60. The van der Waals surface area contributed by atoms with Gasteiger partial charge >= 0.3 is 5.97 Å². The second-order valence-electron chi connectivity index (χ2n) is 8.64. The van der Waals surface area contributed by atoms with Crippen molar-refractivity contribution in [1.29, 1.82) is 0 Å². The van der Waals surface area contributed by atoms with Crippen molar-refractivity contribution in [2.45, 2.75) is 38.5 Å². The molecule has 4 saturated carbocycles. The van der Waals surface area contributed by atoms with Crippen molar-refractivity contribution >= 4 is 5.97 Å². The molecule has 6 rings (SSSR count). The number of carbonyl (C=O) groups is 1. The molecule has 4 aliphatic carbocycles. The number of nitrogens with zero attached hydrogens (tertiary/aromatic N) is 2. The van der Waals surface area contributed by atoms with Gasteiger partial charge in [-0.25, -0.2) is 4.79 Å². The Morgan fingerprint density at radius 2 is 1.65 bits per heavy atom. The number of esters is 1. The Bertz CT molecular complexity index is 765. The highest BCUT2D eigenvalue weighted by atomic mass is 16.5. The van der Waals surface area contributed by atoms with Crippen molar-refractivity contribution in [1.82, 2.24) is 9.97 Å². The van der Waals surface area contributed by atoms with Gasteiger partial charge in [0.2, 0.25) is 0 Å². The van der Waals surface area contributed by atoms with Crippen molar-refractivity contribution in [2.75, 3.05) is 6.61 Å². The summed E-state index contributed by atoms with van der Waals surface area (Å²) in [5.74, 6) is 2.37. The Kier molecular flexibility index (Phi) is 3.80. The predicted octanol–water partition coefficient (Wildman–Crippen LogP) is 4.52. The molecule has 134 valence electrons. The minimum Gasteiger partial charge on any atom is -0.461 e. The number of carbonyl (C=O) groups excluding carboxylic acids is 1. The van der Waals surface area contributed by atoms with E-state index in [1.54, 1.807) is 18.5 Å². The maximum absolute atomic E-state index is 12.5. The summed E-state index contributed by atoms with van der Waals surface area (Å²) in [7, 11) is 0. The largest absolute Gasteiger partial charge is 0.461 e. The molecule has 0 spiro atoms. The third-order valence-corrected chi connectivity index (χ3v) is 6.60. The van der Waals surface area contributed by atoms with Gasteiger partial charge in [0.25, 0.3) is 0 Å². The summed E-state index contributed by atoms with van der Waals surface area (Å²) < 4.78 is 5.76. The fourth-order valence-corrected chi connectivity index (χ4v) is 5.95. The summed E-state index contributed by atoms with van der Waals surface area (Å²) in [4.78, 5) is 21.2. The van der Waals surface area contributed by atoms with Gasteiger partial charge in [-0.2, -0.15) is 0 Å². The lowest BCUT2D eigenvalue weighted by Gasteiger charge is -2.56. The van der Waals surface area contributed by atoms with E-state index >= 15 is 0 Å². The molecule has 0 amide bonds. The Hall–Kier alpha value is -2.23. The molecule has 0 saturated heterocycles. The van der Waals surface area contributed by atoms with E-state index in [1.807, 2.05) is 24.3 Å². The van der Waals surface area contributed by atoms with Gasteiger partial charge in [0.15, 0.2) is 0 Å². The summed E-state index contributed by atoms with van der Waals surface area (Å²) >= 11 is 0. The van der Waals surface area contributed by atoms with Crippen LogP contribution in [-0.4, -0.2) is 22.5 Å². The molecule has 2 aromatic rings. The third-order valence-electron chi connectivity index (χ3n) is 6.60. The number of rotatable bonds is 4. The van der Waals surface area contributed by atoms with Gasteiger partial charge in [-0.15, -0.1) is 0 Å². The van der Waals surface area contributed by atoms with Crippen LogP contribution >= 0.6 is 0 Å². The van der Waals surface area contributed by atoms with E-state index in [-0.39, 0.29) is 11.4 Å². The molecule has 4 aliphatic rings. The van der Waals surface area contributed by atoms with Gasteiger partial charge in [-0.05, 0) is 80.5 Å². The molecule has 2 aromatic heterocycles. The first-order valence-corrected chi connectivity index (χ1v) is 9.74. The average molecular weight is 348 g/mol. The van der Waals surface area contributed by atoms with E-state index in [1.165, 1.54) is 38.5 Å². The van der Waals surface area contributed by atoms with E-state index in [0.717, 1.165) is 29.1 Å².